The number of para-hydroxylation sites is 1. The Labute approximate surface area is 234 Å². The summed E-state index contributed by atoms with van der Waals surface area (Å²) < 4.78 is 91.5. The van der Waals surface area contributed by atoms with Crippen molar-refractivity contribution in [2.24, 2.45) is 0 Å². The van der Waals surface area contributed by atoms with E-state index in [0.29, 0.717) is 12.8 Å². The van der Waals surface area contributed by atoms with Crippen molar-refractivity contribution in [3.63, 3.8) is 0 Å². The summed E-state index contributed by atoms with van der Waals surface area (Å²) in [6.45, 7) is -0.238. The van der Waals surface area contributed by atoms with E-state index >= 15 is 0 Å². The number of ether oxygens (including phenoxy) is 2. The Balaban J connectivity index is 2.04. The molecule has 0 spiro atoms. The average molecular weight is 605 g/mol. The van der Waals surface area contributed by atoms with Crippen LogP contribution in [0.1, 0.15) is 32.6 Å². The maximum atomic E-state index is 13.9. The molecule has 0 bridgehead atoms. The Morgan fingerprint density at radius 1 is 0.881 bits per heavy atom. The van der Waals surface area contributed by atoms with E-state index < -0.39 is 108 Å². The lowest BCUT2D eigenvalue weighted by Crippen LogP contribution is -2.48. The second-order valence-electron chi connectivity index (χ2n) is 8.52. The second kappa shape index (κ2) is 16.0. The minimum Gasteiger partial charge on any atom is -0.479 e. The van der Waals surface area contributed by atoms with Gasteiger partial charge in [-0.25, -0.2) is 17.6 Å². The van der Waals surface area contributed by atoms with E-state index in [-0.39, 0.29) is 12.7 Å². The van der Waals surface area contributed by atoms with Gasteiger partial charge in [0.05, 0.1) is 19.2 Å². The molecule has 3 N–H and O–H groups in total. The number of hydrogen-bond donors (Lipinski definition) is 3. The van der Waals surface area contributed by atoms with E-state index in [1.165, 1.54) is 0 Å². The third-order valence-electron chi connectivity index (χ3n) is 5.37. The molecule has 0 aromatic heterocycles. The van der Waals surface area contributed by atoms with Crippen LogP contribution in [0.4, 0.5) is 32.0 Å². The molecule has 2 rings (SSSR count). The highest BCUT2D eigenvalue weighted by atomic mass is 19.2. The van der Waals surface area contributed by atoms with E-state index in [0.717, 1.165) is 18.2 Å². The highest BCUT2D eigenvalue weighted by molar-refractivity contribution is 6.39. The average Bonchev–Trinajstić information content (AvgIpc) is 2.94. The Bertz CT molecular complexity index is 1300. The third kappa shape index (κ3) is 9.78. The lowest BCUT2D eigenvalue weighted by atomic mass is 10.1. The molecule has 42 heavy (non-hydrogen) atoms. The number of esters is 1. The Morgan fingerprint density at radius 2 is 1.50 bits per heavy atom. The van der Waals surface area contributed by atoms with Crippen LogP contribution in [-0.2, 0) is 28.7 Å². The van der Waals surface area contributed by atoms with Gasteiger partial charge >= 0.3 is 17.8 Å². The number of hydrogen-bond acceptors (Lipinski definition) is 7. The first-order valence-corrected chi connectivity index (χ1v) is 12.3. The van der Waals surface area contributed by atoms with Crippen molar-refractivity contribution in [1.29, 1.82) is 0 Å². The number of carbonyl (C=O) groups excluding carboxylic acids is 5. The predicted molar refractivity (Wildman–Crippen MR) is 132 cm³/mol. The maximum Gasteiger partial charge on any atom is 0.313 e. The Kier molecular flexibility index (Phi) is 12.8. The van der Waals surface area contributed by atoms with Gasteiger partial charge in [-0.1, -0.05) is 19.4 Å². The smallest absolute Gasteiger partial charge is 0.313 e. The zero-order valence-corrected chi connectivity index (χ0v) is 22.0. The highest BCUT2D eigenvalue weighted by Crippen LogP contribution is 2.26. The number of anilines is 1. The van der Waals surface area contributed by atoms with Crippen LogP contribution in [0.15, 0.2) is 24.3 Å². The van der Waals surface area contributed by atoms with Crippen molar-refractivity contribution >= 4 is 35.2 Å². The Morgan fingerprint density at radius 3 is 2.10 bits per heavy atom. The fourth-order valence-electron chi connectivity index (χ4n) is 3.17. The molecule has 0 saturated carbocycles. The van der Waals surface area contributed by atoms with Gasteiger partial charge in [0, 0.05) is 12.5 Å². The molecule has 0 fully saturated rings. The maximum absolute atomic E-state index is 13.9. The fourth-order valence-corrected chi connectivity index (χ4v) is 3.17. The summed E-state index contributed by atoms with van der Waals surface area (Å²) in [7, 11) is 0. The molecule has 10 nitrogen and oxygen atoms in total. The van der Waals surface area contributed by atoms with Gasteiger partial charge in [-0.3, -0.25) is 24.0 Å². The molecule has 0 saturated heterocycles. The van der Waals surface area contributed by atoms with Crippen LogP contribution in [0.5, 0.6) is 5.75 Å². The van der Waals surface area contributed by atoms with Crippen LogP contribution >= 0.6 is 0 Å². The number of nitrogens with one attached hydrogen (secondary N) is 3. The molecular formula is C26H25F6N3O7. The van der Waals surface area contributed by atoms with Gasteiger partial charge in [-0.15, -0.1) is 0 Å². The molecule has 0 heterocycles. The van der Waals surface area contributed by atoms with Crippen molar-refractivity contribution in [2.45, 2.75) is 38.6 Å². The second-order valence-corrected chi connectivity index (χ2v) is 8.52. The number of unbranched alkanes of at least 4 members (excludes halogenated alkanes) is 1. The van der Waals surface area contributed by atoms with Gasteiger partial charge in [-0.2, -0.15) is 8.78 Å². The third-order valence-corrected chi connectivity index (χ3v) is 5.37. The molecule has 16 heteroatoms. The molecule has 0 aliphatic heterocycles. The largest absolute Gasteiger partial charge is 0.479 e. The number of rotatable bonds is 14. The molecule has 0 aliphatic rings. The summed E-state index contributed by atoms with van der Waals surface area (Å²) in [4.78, 5) is 60.9. The molecule has 0 unspecified atom stereocenters. The molecule has 228 valence electrons. The van der Waals surface area contributed by atoms with Crippen molar-refractivity contribution < 1.29 is 59.8 Å². The zero-order valence-electron chi connectivity index (χ0n) is 22.0. The molecule has 1 atom stereocenters. The predicted octanol–water partition coefficient (Wildman–Crippen LogP) is 2.83. The first-order chi connectivity index (χ1) is 19.8. The van der Waals surface area contributed by atoms with Crippen molar-refractivity contribution in [3.05, 3.63) is 59.2 Å². The van der Waals surface area contributed by atoms with Crippen LogP contribution in [0.25, 0.3) is 0 Å². The first kappa shape index (κ1) is 33.6. The van der Waals surface area contributed by atoms with E-state index in [1.54, 1.807) is 5.32 Å². The highest BCUT2D eigenvalue weighted by Gasteiger charge is 2.27. The van der Waals surface area contributed by atoms with Crippen molar-refractivity contribution in [2.75, 3.05) is 25.1 Å². The van der Waals surface area contributed by atoms with Crippen LogP contribution in [0, 0.1) is 34.9 Å². The van der Waals surface area contributed by atoms with Crippen LogP contribution < -0.4 is 20.7 Å². The number of benzene rings is 2. The van der Waals surface area contributed by atoms with Crippen LogP contribution in [-0.4, -0.2) is 55.3 Å². The SMILES string of the molecule is CCCCOC(=O)CC[C@H](NC(=O)CNC(=O)C(=O)Nc1c(F)cccc1F)C(=O)COc1c(F)c(F)cc(F)c1F. The van der Waals surface area contributed by atoms with E-state index in [1.807, 2.05) is 12.2 Å². The van der Waals surface area contributed by atoms with Gasteiger partial charge in [0.1, 0.15) is 23.9 Å². The number of Topliss-reactive ketones (excluding diaryl/α,β-unsaturated/α-hetero) is 1. The van der Waals surface area contributed by atoms with Gasteiger partial charge < -0.3 is 25.4 Å². The monoisotopic (exact) mass is 605 g/mol. The molecule has 2 aromatic carbocycles. The van der Waals surface area contributed by atoms with Crippen molar-refractivity contribution in [1.82, 2.24) is 10.6 Å². The van der Waals surface area contributed by atoms with E-state index in [2.05, 4.69) is 10.1 Å². The summed E-state index contributed by atoms with van der Waals surface area (Å²) in [6, 6.07) is 0.977. The summed E-state index contributed by atoms with van der Waals surface area (Å²) in [6.07, 6.45) is 0.411. The van der Waals surface area contributed by atoms with E-state index in [9.17, 15) is 50.3 Å². The van der Waals surface area contributed by atoms with Crippen LogP contribution in [0.2, 0.25) is 0 Å². The lowest BCUT2D eigenvalue weighted by Gasteiger charge is -2.18. The number of ketones is 1. The van der Waals surface area contributed by atoms with Gasteiger partial charge in [0.25, 0.3) is 0 Å². The quantitative estimate of drug-likeness (QED) is 0.0990. The minimum absolute atomic E-state index is 0.0755. The number of amides is 3. The normalized spacial score (nSPS) is 11.3. The standard InChI is InChI=1S/C26H25F6N3O7/c1-2-3-9-41-20(38)8-7-17(18(36)12-42-24-21(31)15(29)10-16(30)22(24)32)34-19(37)11-33-25(39)26(40)35-23-13(27)5-4-6-14(23)28/h4-6,10,17H,2-3,7-9,11-12H2,1H3,(H,33,39)(H,34,37)(H,35,40)/t17-/m0/s1. The van der Waals surface area contributed by atoms with E-state index in [4.69, 9.17) is 4.74 Å². The Hall–Kier alpha value is -4.63. The summed E-state index contributed by atoms with van der Waals surface area (Å²) in [5, 5.41) is 5.65. The summed E-state index contributed by atoms with van der Waals surface area (Å²) >= 11 is 0. The van der Waals surface area contributed by atoms with Gasteiger partial charge in [0.2, 0.25) is 17.5 Å². The van der Waals surface area contributed by atoms with Gasteiger partial charge in [-0.05, 0) is 25.0 Å². The molecule has 0 aliphatic carbocycles. The fraction of sp³-hybridized carbons (Fsp3) is 0.346. The molecule has 3 amide bonds. The summed E-state index contributed by atoms with van der Waals surface area (Å²) in [5.74, 6) is -17.3. The first-order valence-electron chi connectivity index (χ1n) is 12.3. The number of carbonyl (C=O) groups is 5. The summed E-state index contributed by atoms with van der Waals surface area (Å²) in [5.41, 5.74) is -0.912. The minimum atomic E-state index is -1.92. The lowest BCUT2D eigenvalue weighted by molar-refractivity contribution is -0.144. The molecule has 0 radical (unpaired) electrons. The van der Waals surface area contributed by atoms with Crippen molar-refractivity contribution in [3.8, 4) is 5.75 Å². The zero-order chi connectivity index (χ0) is 31.4. The number of halogens is 6. The van der Waals surface area contributed by atoms with Crippen LogP contribution in [0.3, 0.4) is 0 Å². The molecule has 2 aromatic rings. The van der Waals surface area contributed by atoms with Gasteiger partial charge in [0.15, 0.2) is 23.2 Å². The molecular weight excluding hydrogens is 580 g/mol. The topological polar surface area (TPSA) is 140 Å².